The van der Waals surface area contributed by atoms with Gasteiger partial charge in [0.2, 0.25) is 5.91 Å². The number of aryl methyl sites for hydroxylation is 4. The molecule has 0 aliphatic carbocycles. The summed E-state index contributed by atoms with van der Waals surface area (Å²) >= 11 is 1.60. The van der Waals surface area contributed by atoms with Gasteiger partial charge in [-0.1, -0.05) is 35.1 Å². The molecule has 1 aliphatic rings. The summed E-state index contributed by atoms with van der Waals surface area (Å²) in [7, 11) is 0. The molecule has 0 N–H and O–H groups in total. The van der Waals surface area contributed by atoms with Gasteiger partial charge in [0, 0.05) is 6.61 Å². The molecule has 1 atom stereocenters. The molecule has 1 aliphatic heterocycles. The number of hydrogen-bond donors (Lipinski definition) is 0. The van der Waals surface area contributed by atoms with E-state index in [0.717, 1.165) is 45.9 Å². The number of rotatable bonds is 5. The summed E-state index contributed by atoms with van der Waals surface area (Å²) in [4.78, 5) is 20.1. The van der Waals surface area contributed by atoms with Gasteiger partial charge in [-0.15, -0.1) is 0 Å². The minimum atomic E-state index is 0.0849. The fourth-order valence-electron chi connectivity index (χ4n) is 3.81. The molecule has 2 heterocycles. The number of fused-ring (bicyclic) bond motifs is 1. The highest BCUT2D eigenvalue weighted by atomic mass is 32.1. The Kier molecular flexibility index (Phi) is 5.70. The van der Waals surface area contributed by atoms with E-state index in [-0.39, 0.29) is 12.0 Å². The van der Waals surface area contributed by atoms with Crippen LogP contribution in [0.1, 0.15) is 40.7 Å². The fraction of sp³-hybridized carbons (Fsp3) is 0.417. The molecule has 0 saturated carbocycles. The summed E-state index contributed by atoms with van der Waals surface area (Å²) in [5.74, 6) is 0.0849. The molecular formula is C24H28N2O2S. The van der Waals surface area contributed by atoms with Crippen LogP contribution in [0.15, 0.2) is 30.3 Å². The van der Waals surface area contributed by atoms with Crippen molar-refractivity contribution in [2.75, 3.05) is 18.1 Å². The number of carbonyl (C=O) groups excluding carboxylic acids is 1. The first kappa shape index (κ1) is 20.0. The van der Waals surface area contributed by atoms with Crippen LogP contribution in [0.4, 0.5) is 5.13 Å². The number of hydrogen-bond acceptors (Lipinski definition) is 4. The van der Waals surface area contributed by atoms with Gasteiger partial charge in [0.25, 0.3) is 0 Å². The van der Waals surface area contributed by atoms with Gasteiger partial charge < -0.3 is 4.74 Å². The molecular weight excluding hydrogens is 380 g/mol. The van der Waals surface area contributed by atoms with Crippen molar-refractivity contribution in [1.29, 1.82) is 0 Å². The maximum atomic E-state index is 13.4. The van der Waals surface area contributed by atoms with Crippen LogP contribution >= 0.6 is 11.3 Å². The lowest BCUT2D eigenvalue weighted by molar-refractivity contribution is -0.118. The molecule has 29 heavy (non-hydrogen) atoms. The minimum Gasteiger partial charge on any atom is -0.376 e. The molecule has 152 valence electrons. The van der Waals surface area contributed by atoms with Crippen molar-refractivity contribution in [1.82, 2.24) is 4.98 Å². The summed E-state index contributed by atoms with van der Waals surface area (Å²) in [5, 5.41) is 0.774. The average molecular weight is 409 g/mol. The number of thiazole rings is 1. The standard InChI is InChI=1S/C24H28N2O2S/c1-15-7-8-16(2)19(10-15)13-23(27)26(14-20-6-5-9-28-20)24-25-21-11-17(3)18(4)12-22(21)29-24/h7-8,10-12,20H,5-6,9,13-14H2,1-4H3. The molecule has 0 spiro atoms. The number of ether oxygens (including phenoxy) is 1. The Morgan fingerprint density at radius 3 is 2.69 bits per heavy atom. The van der Waals surface area contributed by atoms with Crippen LogP contribution in [0.5, 0.6) is 0 Å². The highest BCUT2D eigenvalue weighted by molar-refractivity contribution is 7.22. The van der Waals surface area contributed by atoms with Crippen molar-refractivity contribution in [3.05, 3.63) is 58.1 Å². The maximum Gasteiger partial charge on any atom is 0.233 e. The van der Waals surface area contributed by atoms with E-state index >= 15 is 0 Å². The summed E-state index contributed by atoms with van der Waals surface area (Å²) < 4.78 is 6.97. The lowest BCUT2D eigenvalue weighted by atomic mass is 10.0. The molecule has 3 aromatic rings. The van der Waals surface area contributed by atoms with Crippen LogP contribution in [-0.2, 0) is 16.0 Å². The molecule has 4 nitrogen and oxygen atoms in total. The van der Waals surface area contributed by atoms with Gasteiger partial charge in [0.1, 0.15) is 0 Å². The van der Waals surface area contributed by atoms with Crippen LogP contribution in [-0.4, -0.2) is 30.1 Å². The van der Waals surface area contributed by atoms with E-state index in [2.05, 4.69) is 58.0 Å². The number of nitrogens with zero attached hydrogens (tertiary/aromatic N) is 2. The van der Waals surface area contributed by atoms with Gasteiger partial charge >= 0.3 is 0 Å². The van der Waals surface area contributed by atoms with Crippen LogP contribution < -0.4 is 4.90 Å². The lowest BCUT2D eigenvalue weighted by Gasteiger charge is -2.23. The zero-order valence-electron chi connectivity index (χ0n) is 17.6. The van der Waals surface area contributed by atoms with Crippen molar-refractivity contribution in [2.24, 2.45) is 0 Å². The van der Waals surface area contributed by atoms with E-state index in [1.54, 1.807) is 11.3 Å². The highest BCUT2D eigenvalue weighted by Gasteiger charge is 2.26. The van der Waals surface area contributed by atoms with Crippen LogP contribution in [0.25, 0.3) is 10.2 Å². The molecule has 0 radical (unpaired) electrons. The Morgan fingerprint density at radius 1 is 1.14 bits per heavy atom. The van der Waals surface area contributed by atoms with Crippen LogP contribution in [0, 0.1) is 27.7 Å². The fourth-order valence-corrected chi connectivity index (χ4v) is 4.88. The van der Waals surface area contributed by atoms with Gasteiger partial charge in [-0.05, 0) is 74.9 Å². The van der Waals surface area contributed by atoms with Gasteiger partial charge in [-0.3, -0.25) is 9.69 Å². The van der Waals surface area contributed by atoms with E-state index in [1.807, 2.05) is 4.90 Å². The summed E-state index contributed by atoms with van der Waals surface area (Å²) in [6.45, 7) is 9.70. The Balaban J connectivity index is 1.67. The Morgan fingerprint density at radius 2 is 1.93 bits per heavy atom. The number of anilines is 1. The third-order valence-corrected chi connectivity index (χ3v) is 6.82. The predicted octanol–water partition coefficient (Wildman–Crippen LogP) is 5.28. The third kappa shape index (κ3) is 4.36. The monoisotopic (exact) mass is 408 g/mol. The summed E-state index contributed by atoms with van der Waals surface area (Å²) in [6, 6.07) is 10.6. The largest absolute Gasteiger partial charge is 0.376 e. The van der Waals surface area contributed by atoms with Crippen molar-refractivity contribution >= 4 is 32.6 Å². The SMILES string of the molecule is Cc1ccc(C)c(CC(=O)N(CC2CCCO2)c2nc3cc(C)c(C)cc3s2)c1. The quantitative estimate of drug-likeness (QED) is 0.576. The van der Waals surface area contributed by atoms with E-state index in [9.17, 15) is 4.79 Å². The van der Waals surface area contributed by atoms with E-state index in [4.69, 9.17) is 9.72 Å². The molecule has 5 heteroatoms. The topological polar surface area (TPSA) is 42.4 Å². The normalized spacial score (nSPS) is 16.5. The Hall–Kier alpha value is -2.24. The van der Waals surface area contributed by atoms with Crippen LogP contribution in [0.3, 0.4) is 0 Å². The second-order valence-electron chi connectivity index (χ2n) is 8.15. The minimum absolute atomic E-state index is 0.0849. The molecule has 0 bridgehead atoms. The van der Waals surface area contributed by atoms with E-state index in [0.29, 0.717) is 13.0 Å². The zero-order chi connectivity index (χ0) is 20.5. The molecule has 2 aromatic carbocycles. The van der Waals surface area contributed by atoms with E-state index in [1.165, 1.54) is 16.7 Å². The second-order valence-corrected chi connectivity index (χ2v) is 9.16. The third-order valence-electron chi connectivity index (χ3n) is 5.78. The molecule has 4 rings (SSSR count). The molecule has 1 aromatic heterocycles. The number of benzene rings is 2. The molecule has 1 amide bonds. The predicted molar refractivity (Wildman–Crippen MR) is 120 cm³/mol. The first-order chi connectivity index (χ1) is 13.9. The Bertz CT molecular complexity index is 1010. The van der Waals surface area contributed by atoms with E-state index < -0.39 is 0 Å². The second kappa shape index (κ2) is 8.25. The summed E-state index contributed by atoms with van der Waals surface area (Å²) in [6.07, 6.45) is 2.53. The molecule has 1 saturated heterocycles. The molecule has 1 unspecified atom stereocenters. The Labute approximate surface area is 176 Å². The highest BCUT2D eigenvalue weighted by Crippen LogP contribution is 2.32. The van der Waals surface area contributed by atoms with Gasteiger partial charge in [0.15, 0.2) is 5.13 Å². The summed E-state index contributed by atoms with van der Waals surface area (Å²) in [5.41, 5.74) is 6.85. The van der Waals surface area contributed by atoms with Crippen molar-refractivity contribution in [3.63, 3.8) is 0 Å². The van der Waals surface area contributed by atoms with Gasteiger partial charge in [-0.2, -0.15) is 0 Å². The number of amides is 1. The zero-order valence-corrected chi connectivity index (χ0v) is 18.4. The van der Waals surface area contributed by atoms with Crippen molar-refractivity contribution in [3.8, 4) is 0 Å². The van der Waals surface area contributed by atoms with Crippen LogP contribution in [0.2, 0.25) is 0 Å². The van der Waals surface area contributed by atoms with Crippen molar-refractivity contribution < 1.29 is 9.53 Å². The first-order valence-electron chi connectivity index (χ1n) is 10.3. The maximum absolute atomic E-state index is 13.4. The average Bonchev–Trinajstić information content (AvgIpc) is 3.32. The first-order valence-corrected chi connectivity index (χ1v) is 11.1. The lowest BCUT2D eigenvalue weighted by Crippen LogP contribution is -2.38. The van der Waals surface area contributed by atoms with Crippen molar-refractivity contribution in [2.45, 2.75) is 53.1 Å². The van der Waals surface area contributed by atoms with Gasteiger partial charge in [0.05, 0.1) is 29.3 Å². The molecule has 1 fully saturated rings. The van der Waals surface area contributed by atoms with Gasteiger partial charge in [-0.25, -0.2) is 4.98 Å². The number of aromatic nitrogens is 1. The smallest absolute Gasteiger partial charge is 0.233 e. The number of carbonyl (C=O) groups is 1.